The number of nitrogens with zero attached hydrogens (tertiary/aromatic N) is 2. The van der Waals surface area contributed by atoms with Gasteiger partial charge in [0, 0.05) is 18.7 Å². The summed E-state index contributed by atoms with van der Waals surface area (Å²) in [4.78, 5) is 18.4. The zero-order valence-corrected chi connectivity index (χ0v) is 13.0. The fourth-order valence-electron chi connectivity index (χ4n) is 2.45. The fraction of sp³-hybridized carbons (Fsp3) is 0.158. The van der Waals surface area contributed by atoms with Crippen molar-refractivity contribution in [2.24, 2.45) is 0 Å². The van der Waals surface area contributed by atoms with E-state index in [0.29, 0.717) is 18.7 Å². The van der Waals surface area contributed by atoms with Crippen LogP contribution in [0.5, 0.6) is 0 Å². The Morgan fingerprint density at radius 1 is 1.04 bits per heavy atom. The lowest BCUT2D eigenvalue weighted by molar-refractivity contribution is 0.0953. The molecule has 3 rings (SSSR count). The van der Waals surface area contributed by atoms with Gasteiger partial charge < -0.3 is 9.32 Å². The lowest BCUT2D eigenvalue weighted by Gasteiger charge is -2.18. The number of carbonyl (C=O) groups is 1. The van der Waals surface area contributed by atoms with Crippen molar-refractivity contribution in [3.8, 4) is 0 Å². The van der Waals surface area contributed by atoms with Gasteiger partial charge in [-0.2, -0.15) is 0 Å². The van der Waals surface area contributed by atoms with Crippen molar-refractivity contribution in [3.05, 3.63) is 84.1 Å². The van der Waals surface area contributed by atoms with Crippen LogP contribution in [-0.4, -0.2) is 17.4 Å². The Labute approximate surface area is 135 Å². The number of amides is 1. The van der Waals surface area contributed by atoms with Crippen LogP contribution in [0.4, 0.5) is 5.69 Å². The highest BCUT2D eigenvalue weighted by Crippen LogP contribution is 2.17. The predicted octanol–water partition coefficient (Wildman–Crippen LogP) is 3.93. The molecule has 0 aliphatic heterocycles. The average molecular weight is 306 g/mol. The Hall–Kier alpha value is -2.88. The second kappa shape index (κ2) is 6.92. The number of carbonyl (C=O) groups excluding carboxylic acids is 1. The molecular formula is C19H18N2O2. The minimum Gasteiger partial charge on any atom is -0.437 e. The van der Waals surface area contributed by atoms with Crippen molar-refractivity contribution < 1.29 is 9.21 Å². The molecule has 0 radical (unpaired) electrons. The van der Waals surface area contributed by atoms with E-state index in [0.717, 1.165) is 11.3 Å². The summed E-state index contributed by atoms with van der Waals surface area (Å²) in [5, 5.41) is 0. The SMILES string of the molecule is CCN(C(=O)c1ncc(Cc2ccccc2)o1)c1ccccc1. The van der Waals surface area contributed by atoms with Crippen LogP contribution in [0.2, 0.25) is 0 Å². The summed E-state index contributed by atoms with van der Waals surface area (Å²) < 4.78 is 5.65. The van der Waals surface area contributed by atoms with Crippen molar-refractivity contribution in [2.45, 2.75) is 13.3 Å². The minimum absolute atomic E-state index is 0.127. The Balaban J connectivity index is 1.78. The lowest BCUT2D eigenvalue weighted by Crippen LogP contribution is -2.30. The van der Waals surface area contributed by atoms with Crippen molar-refractivity contribution in [1.82, 2.24) is 4.98 Å². The molecule has 2 aromatic carbocycles. The topological polar surface area (TPSA) is 46.3 Å². The molecule has 3 aromatic rings. The van der Waals surface area contributed by atoms with Crippen LogP contribution >= 0.6 is 0 Å². The second-order valence-electron chi connectivity index (χ2n) is 5.18. The van der Waals surface area contributed by atoms with Gasteiger partial charge in [0.2, 0.25) is 0 Å². The van der Waals surface area contributed by atoms with Gasteiger partial charge in [-0.1, -0.05) is 48.5 Å². The van der Waals surface area contributed by atoms with Crippen LogP contribution in [0, 0.1) is 0 Å². The van der Waals surface area contributed by atoms with E-state index < -0.39 is 0 Å². The molecule has 0 unspecified atom stereocenters. The Kier molecular flexibility index (Phi) is 4.52. The first-order valence-corrected chi connectivity index (χ1v) is 7.63. The monoisotopic (exact) mass is 306 g/mol. The molecular weight excluding hydrogens is 288 g/mol. The standard InChI is InChI=1S/C19H18N2O2/c1-2-21(16-11-7-4-8-12-16)19(22)18-20-14-17(23-18)13-15-9-5-3-6-10-15/h3-12,14H,2,13H2,1H3. The lowest BCUT2D eigenvalue weighted by atomic mass is 10.1. The smallest absolute Gasteiger partial charge is 0.314 e. The third-order valence-corrected chi connectivity index (χ3v) is 3.59. The summed E-state index contributed by atoms with van der Waals surface area (Å²) in [6.07, 6.45) is 2.25. The summed E-state index contributed by atoms with van der Waals surface area (Å²) in [7, 11) is 0. The number of oxazole rings is 1. The number of anilines is 1. The quantitative estimate of drug-likeness (QED) is 0.717. The summed E-state index contributed by atoms with van der Waals surface area (Å²) >= 11 is 0. The van der Waals surface area contributed by atoms with Gasteiger partial charge in [0.25, 0.3) is 5.89 Å². The van der Waals surface area contributed by atoms with E-state index in [2.05, 4.69) is 4.98 Å². The second-order valence-corrected chi connectivity index (χ2v) is 5.18. The first kappa shape index (κ1) is 15.0. The van der Waals surface area contributed by atoms with Gasteiger partial charge in [0.05, 0.1) is 6.20 Å². The Morgan fingerprint density at radius 2 is 1.70 bits per heavy atom. The van der Waals surface area contributed by atoms with Gasteiger partial charge in [-0.05, 0) is 24.6 Å². The molecule has 1 amide bonds. The van der Waals surface area contributed by atoms with E-state index in [1.54, 1.807) is 11.1 Å². The van der Waals surface area contributed by atoms with Gasteiger partial charge in [0.15, 0.2) is 0 Å². The molecule has 1 heterocycles. The molecule has 0 bridgehead atoms. The van der Waals surface area contributed by atoms with E-state index >= 15 is 0 Å². The number of aromatic nitrogens is 1. The van der Waals surface area contributed by atoms with E-state index in [9.17, 15) is 4.79 Å². The maximum absolute atomic E-state index is 12.6. The molecule has 0 atom stereocenters. The highest BCUT2D eigenvalue weighted by Gasteiger charge is 2.21. The molecule has 23 heavy (non-hydrogen) atoms. The molecule has 4 heteroatoms. The van der Waals surface area contributed by atoms with Gasteiger partial charge >= 0.3 is 5.91 Å². The van der Waals surface area contributed by atoms with Gasteiger partial charge in [-0.15, -0.1) is 0 Å². The molecule has 4 nitrogen and oxygen atoms in total. The predicted molar refractivity (Wildman–Crippen MR) is 89.5 cm³/mol. The molecule has 0 saturated heterocycles. The summed E-state index contributed by atoms with van der Waals surface area (Å²) in [6, 6.07) is 19.5. The first-order chi connectivity index (χ1) is 11.3. The van der Waals surface area contributed by atoms with Crippen LogP contribution in [-0.2, 0) is 6.42 Å². The number of rotatable bonds is 5. The molecule has 0 saturated carbocycles. The largest absolute Gasteiger partial charge is 0.437 e. The normalized spacial score (nSPS) is 10.5. The van der Waals surface area contributed by atoms with Crippen molar-refractivity contribution in [3.63, 3.8) is 0 Å². The van der Waals surface area contributed by atoms with E-state index in [1.165, 1.54) is 0 Å². The van der Waals surface area contributed by atoms with E-state index in [1.807, 2.05) is 67.6 Å². The number of benzene rings is 2. The third kappa shape index (κ3) is 3.48. The zero-order valence-electron chi connectivity index (χ0n) is 13.0. The highest BCUT2D eigenvalue weighted by atomic mass is 16.4. The van der Waals surface area contributed by atoms with Crippen molar-refractivity contribution >= 4 is 11.6 Å². The molecule has 1 aromatic heterocycles. The molecule has 0 aliphatic rings. The summed E-state index contributed by atoms with van der Waals surface area (Å²) in [6.45, 7) is 2.48. The van der Waals surface area contributed by atoms with E-state index in [4.69, 9.17) is 4.42 Å². The van der Waals surface area contributed by atoms with Crippen LogP contribution in [0.25, 0.3) is 0 Å². The van der Waals surface area contributed by atoms with Crippen LogP contribution in [0.3, 0.4) is 0 Å². The van der Waals surface area contributed by atoms with Gasteiger partial charge in [0.1, 0.15) is 5.76 Å². The maximum atomic E-state index is 12.6. The van der Waals surface area contributed by atoms with Crippen LogP contribution < -0.4 is 4.90 Å². The molecule has 116 valence electrons. The van der Waals surface area contributed by atoms with Crippen molar-refractivity contribution in [2.75, 3.05) is 11.4 Å². The zero-order chi connectivity index (χ0) is 16.1. The number of hydrogen-bond donors (Lipinski definition) is 0. The van der Waals surface area contributed by atoms with Crippen LogP contribution in [0.1, 0.15) is 28.9 Å². The molecule has 0 N–H and O–H groups in total. The van der Waals surface area contributed by atoms with Crippen LogP contribution in [0.15, 0.2) is 71.3 Å². The number of para-hydroxylation sites is 1. The van der Waals surface area contributed by atoms with Gasteiger partial charge in [-0.3, -0.25) is 4.79 Å². The highest BCUT2D eigenvalue weighted by molar-refractivity contribution is 6.02. The Bertz CT molecular complexity index is 766. The maximum Gasteiger partial charge on any atom is 0.314 e. The summed E-state index contributed by atoms with van der Waals surface area (Å²) in [5.41, 5.74) is 1.96. The third-order valence-electron chi connectivity index (χ3n) is 3.59. The van der Waals surface area contributed by atoms with Gasteiger partial charge in [-0.25, -0.2) is 4.98 Å². The van der Waals surface area contributed by atoms with Crippen molar-refractivity contribution in [1.29, 1.82) is 0 Å². The summed E-state index contributed by atoms with van der Waals surface area (Å²) in [5.74, 6) is 0.586. The molecule has 0 spiro atoms. The minimum atomic E-state index is -0.224. The fourth-order valence-corrected chi connectivity index (χ4v) is 2.45. The first-order valence-electron chi connectivity index (χ1n) is 7.63. The average Bonchev–Trinajstić information content (AvgIpc) is 3.06. The van der Waals surface area contributed by atoms with E-state index in [-0.39, 0.29) is 11.8 Å². The Morgan fingerprint density at radius 3 is 2.35 bits per heavy atom. The molecule has 0 aliphatic carbocycles. The number of hydrogen-bond acceptors (Lipinski definition) is 3. The molecule has 0 fully saturated rings.